The lowest BCUT2D eigenvalue weighted by Crippen LogP contribution is -3.00. The fourth-order valence-electron chi connectivity index (χ4n) is 5.08. The third kappa shape index (κ3) is 15.2. The molecule has 0 atom stereocenters. The number of carbonyl (C=O) groups excluding carboxylic acids is 1. The van der Waals surface area contributed by atoms with Crippen LogP contribution in [0.15, 0.2) is 73.1 Å². The highest BCUT2D eigenvalue weighted by Crippen LogP contribution is 2.26. The molecule has 3 aromatic rings. The summed E-state index contributed by atoms with van der Waals surface area (Å²) in [4.78, 5) is 12.7. The number of nitrogens with zero attached hydrogens (tertiary/aromatic N) is 1. The lowest BCUT2D eigenvalue weighted by molar-refractivity contribution is -0.688. The number of halogens is 2. The molecule has 1 N–H and O–H groups in total. The van der Waals surface area contributed by atoms with Crippen LogP contribution in [0.1, 0.15) is 108 Å². The summed E-state index contributed by atoms with van der Waals surface area (Å²) in [6.07, 6.45) is 23.1. The second-order valence-corrected chi connectivity index (χ2v) is 11.6. The van der Waals surface area contributed by atoms with Crippen LogP contribution < -0.4 is 31.6 Å². The fourth-order valence-corrected chi connectivity index (χ4v) is 5.25. The number of pyridine rings is 1. The van der Waals surface area contributed by atoms with Crippen molar-refractivity contribution in [2.24, 2.45) is 0 Å². The molecule has 0 spiro atoms. The molecule has 0 fully saturated rings. The number of benzene rings is 2. The molecular formula is C36H50BrClN2O2. The zero-order valence-corrected chi connectivity index (χ0v) is 27.8. The van der Waals surface area contributed by atoms with Gasteiger partial charge in [-0.3, -0.25) is 4.79 Å². The molecule has 42 heavy (non-hydrogen) atoms. The number of amides is 1. The zero-order valence-electron chi connectivity index (χ0n) is 25.5. The van der Waals surface area contributed by atoms with Crippen LogP contribution in [-0.2, 0) is 17.8 Å². The van der Waals surface area contributed by atoms with Gasteiger partial charge in [0.15, 0.2) is 18.9 Å². The van der Waals surface area contributed by atoms with Crippen molar-refractivity contribution >= 4 is 23.2 Å². The second kappa shape index (κ2) is 22.2. The van der Waals surface area contributed by atoms with Gasteiger partial charge in [-0.25, -0.2) is 4.57 Å². The average molecular weight is 658 g/mol. The number of anilines is 1. The number of hydrogen-bond donors (Lipinski definition) is 1. The van der Waals surface area contributed by atoms with E-state index in [4.69, 9.17) is 16.3 Å². The quantitative estimate of drug-likeness (QED) is 0.102. The molecule has 1 amide bonds. The predicted octanol–water partition coefficient (Wildman–Crippen LogP) is 6.72. The minimum Gasteiger partial charge on any atom is -1.00 e. The van der Waals surface area contributed by atoms with Crippen molar-refractivity contribution in [2.75, 3.05) is 11.9 Å². The summed E-state index contributed by atoms with van der Waals surface area (Å²) in [7, 11) is 0. The predicted molar refractivity (Wildman–Crippen MR) is 172 cm³/mol. The minimum atomic E-state index is -0.0598. The number of nitrogens with one attached hydrogen (secondary N) is 1. The Hall–Kier alpha value is -2.37. The van der Waals surface area contributed by atoms with Crippen molar-refractivity contribution in [2.45, 2.75) is 110 Å². The fraction of sp³-hybridized carbons (Fsp3) is 0.500. The van der Waals surface area contributed by atoms with Crippen LogP contribution in [0.2, 0.25) is 5.02 Å². The van der Waals surface area contributed by atoms with E-state index in [1.54, 1.807) is 0 Å². The van der Waals surface area contributed by atoms with E-state index in [0.717, 1.165) is 24.2 Å². The highest BCUT2D eigenvalue weighted by Gasteiger charge is 2.09. The van der Waals surface area contributed by atoms with Crippen molar-refractivity contribution in [3.05, 3.63) is 89.2 Å². The Balaban J connectivity index is 0.00000616. The smallest absolute Gasteiger partial charge is 0.228 e. The summed E-state index contributed by atoms with van der Waals surface area (Å²) >= 11 is 6.37. The van der Waals surface area contributed by atoms with Gasteiger partial charge in [0, 0.05) is 23.4 Å². The first-order valence-corrected chi connectivity index (χ1v) is 16.3. The summed E-state index contributed by atoms with van der Waals surface area (Å²) < 4.78 is 8.10. The molecule has 0 aliphatic carbocycles. The molecule has 0 saturated heterocycles. The molecule has 0 bridgehead atoms. The van der Waals surface area contributed by atoms with E-state index in [1.165, 1.54) is 89.0 Å². The Bertz CT molecular complexity index is 1130. The molecule has 6 heteroatoms. The summed E-state index contributed by atoms with van der Waals surface area (Å²) in [5.74, 6) is 0.602. The zero-order chi connectivity index (χ0) is 29.0. The Morgan fingerprint density at radius 1 is 0.738 bits per heavy atom. The van der Waals surface area contributed by atoms with Crippen LogP contribution in [0.3, 0.4) is 0 Å². The molecule has 1 heterocycles. The van der Waals surface area contributed by atoms with Crippen LogP contribution in [0.25, 0.3) is 0 Å². The van der Waals surface area contributed by atoms with Crippen LogP contribution in [0.5, 0.6) is 5.75 Å². The number of hydrogen-bond acceptors (Lipinski definition) is 2. The van der Waals surface area contributed by atoms with E-state index >= 15 is 0 Å². The number of rotatable bonds is 21. The molecule has 0 radical (unpaired) electrons. The molecule has 2 aromatic carbocycles. The first kappa shape index (κ1) is 35.8. The van der Waals surface area contributed by atoms with E-state index in [0.29, 0.717) is 17.4 Å². The van der Waals surface area contributed by atoms with E-state index in [9.17, 15) is 4.79 Å². The Morgan fingerprint density at radius 2 is 1.29 bits per heavy atom. The van der Waals surface area contributed by atoms with Gasteiger partial charge in [0.25, 0.3) is 0 Å². The van der Waals surface area contributed by atoms with Crippen molar-refractivity contribution in [3.8, 4) is 5.75 Å². The van der Waals surface area contributed by atoms with Crippen molar-refractivity contribution in [1.29, 1.82) is 0 Å². The first-order chi connectivity index (χ1) is 20.1. The first-order valence-electron chi connectivity index (χ1n) is 15.9. The van der Waals surface area contributed by atoms with Gasteiger partial charge < -0.3 is 27.0 Å². The summed E-state index contributed by atoms with van der Waals surface area (Å²) in [5.41, 5.74) is 2.86. The lowest BCUT2D eigenvalue weighted by atomic mass is 10.0. The number of unbranched alkanes of at least 4 members (excludes halogenated alkanes) is 13. The van der Waals surface area contributed by atoms with Crippen molar-refractivity contribution < 1.29 is 31.1 Å². The molecule has 230 valence electrons. The normalized spacial score (nSPS) is 10.7. The molecule has 0 aliphatic rings. The maximum Gasteiger partial charge on any atom is 0.228 e. The van der Waals surface area contributed by atoms with Gasteiger partial charge in [0.2, 0.25) is 5.91 Å². The van der Waals surface area contributed by atoms with E-state index in [-0.39, 0.29) is 29.3 Å². The van der Waals surface area contributed by atoms with Gasteiger partial charge in [-0.15, -0.1) is 0 Å². The Kier molecular flexibility index (Phi) is 18.9. The van der Waals surface area contributed by atoms with Crippen LogP contribution in [-0.4, -0.2) is 12.5 Å². The molecule has 0 unspecified atom stereocenters. The van der Waals surface area contributed by atoms with Gasteiger partial charge in [-0.2, -0.15) is 0 Å². The molecule has 0 aliphatic heterocycles. The largest absolute Gasteiger partial charge is 1.00 e. The molecule has 0 saturated carbocycles. The monoisotopic (exact) mass is 656 g/mol. The maximum absolute atomic E-state index is 12.7. The second-order valence-electron chi connectivity index (χ2n) is 11.2. The summed E-state index contributed by atoms with van der Waals surface area (Å²) in [6.45, 7) is 3.73. The van der Waals surface area contributed by atoms with E-state index < -0.39 is 0 Å². The van der Waals surface area contributed by atoms with E-state index in [2.05, 4.69) is 16.8 Å². The SMILES string of the molecule is CCCCCCCCCCCCCCCCOc1cc(CC(=O)Nc2ccc(C[n+]3ccccc3)cc2)ccc1Cl.[Br-]. The van der Waals surface area contributed by atoms with Gasteiger partial charge >= 0.3 is 0 Å². The summed E-state index contributed by atoms with van der Waals surface area (Å²) in [5, 5.41) is 3.59. The number of ether oxygens (including phenoxy) is 1. The van der Waals surface area contributed by atoms with Crippen molar-refractivity contribution in [1.82, 2.24) is 0 Å². The molecule has 3 rings (SSSR count). The van der Waals surface area contributed by atoms with Gasteiger partial charge in [-0.1, -0.05) is 126 Å². The van der Waals surface area contributed by atoms with Crippen LogP contribution in [0, 0.1) is 0 Å². The van der Waals surface area contributed by atoms with Gasteiger partial charge in [0.1, 0.15) is 5.75 Å². The standard InChI is InChI=1S/C36H49ClN2O2.BrH/c1-2-3-4-5-6-7-8-9-10-11-12-13-14-18-27-41-35-28-32(21-24-34(35)37)29-36(40)38-33-22-19-31(20-23-33)30-39-25-16-15-17-26-39;/h15-17,19-26,28H,2-14,18,27,29-30H2,1H3;1H. The Morgan fingerprint density at radius 3 is 1.88 bits per heavy atom. The lowest BCUT2D eigenvalue weighted by Gasteiger charge is -2.11. The number of aromatic nitrogens is 1. The molecule has 1 aromatic heterocycles. The van der Waals surface area contributed by atoms with Gasteiger partial charge in [-0.05, 0) is 36.2 Å². The van der Waals surface area contributed by atoms with Crippen LogP contribution in [0.4, 0.5) is 5.69 Å². The molecular weight excluding hydrogens is 608 g/mol. The maximum atomic E-state index is 12.7. The topological polar surface area (TPSA) is 42.2 Å². The highest BCUT2D eigenvalue weighted by molar-refractivity contribution is 6.32. The minimum absolute atomic E-state index is 0. The van der Waals surface area contributed by atoms with Gasteiger partial charge in [0.05, 0.1) is 18.1 Å². The van der Waals surface area contributed by atoms with E-state index in [1.807, 2.05) is 73.1 Å². The van der Waals surface area contributed by atoms with Crippen molar-refractivity contribution in [3.63, 3.8) is 0 Å². The third-order valence-electron chi connectivity index (χ3n) is 7.50. The number of carbonyl (C=O) groups is 1. The highest BCUT2D eigenvalue weighted by atomic mass is 79.9. The average Bonchev–Trinajstić information content (AvgIpc) is 2.98. The molecule has 4 nitrogen and oxygen atoms in total. The third-order valence-corrected chi connectivity index (χ3v) is 7.81. The summed E-state index contributed by atoms with van der Waals surface area (Å²) in [6, 6.07) is 19.6. The Labute approximate surface area is 270 Å². The van der Waals surface area contributed by atoms with Crippen LogP contribution >= 0.6 is 11.6 Å².